The molecule has 1 aliphatic carbocycles. The number of hydrogen-bond acceptors (Lipinski definition) is 4. The maximum absolute atomic E-state index is 13.4. The Morgan fingerprint density at radius 3 is 2.29 bits per heavy atom. The number of carbonyl (C=O) groups excluding carboxylic acids is 2. The first-order chi connectivity index (χ1) is 13.3. The maximum atomic E-state index is 13.4. The molecular weight excluding hydrogens is 354 g/mol. The molecule has 2 fully saturated rings. The summed E-state index contributed by atoms with van der Waals surface area (Å²) < 4.78 is 5.10. The highest BCUT2D eigenvalue weighted by atomic mass is 16.5. The molecule has 1 aliphatic heterocycles. The van der Waals surface area contributed by atoms with Crippen molar-refractivity contribution in [2.45, 2.75) is 71.1 Å². The van der Waals surface area contributed by atoms with E-state index in [4.69, 9.17) is 4.74 Å². The normalized spacial score (nSPS) is 28.5. The van der Waals surface area contributed by atoms with Crippen LogP contribution in [-0.4, -0.2) is 41.1 Å². The van der Waals surface area contributed by atoms with Crippen molar-refractivity contribution in [3.05, 3.63) is 35.9 Å². The summed E-state index contributed by atoms with van der Waals surface area (Å²) in [5.41, 5.74) is 0.490. The average molecular weight is 388 g/mol. The van der Waals surface area contributed by atoms with Crippen molar-refractivity contribution in [3.8, 4) is 0 Å². The molecule has 4 atom stereocenters. The molecule has 3 rings (SSSR count). The van der Waals surface area contributed by atoms with Crippen LogP contribution in [0.2, 0.25) is 0 Å². The maximum Gasteiger partial charge on any atom is 0.329 e. The molecule has 1 aromatic rings. The number of carbonyl (C=O) groups is 2. The fraction of sp³-hybridized carbons (Fsp3) is 0.652. The monoisotopic (exact) mass is 387 g/mol. The standard InChI is InChI=1S/C23H33NO4/c1-23(2,3)18-20(22(27)28-4)24(17(25)14-15-10-8-9-11-15)19(21(18)26)16-12-6-5-7-13-16/h5-7,12-13,15,18-21,26H,8-11,14H2,1-4H3. The second kappa shape index (κ2) is 8.24. The molecule has 1 amide bonds. The van der Waals surface area contributed by atoms with Gasteiger partial charge in [-0.05, 0) is 29.7 Å². The highest BCUT2D eigenvalue weighted by Crippen LogP contribution is 2.48. The van der Waals surface area contributed by atoms with Gasteiger partial charge in [0.2, 0.25) is 5.91 Å². The fourth-order valence-corrected chi connectivity index (χ4v) is 5.15. The third-order valence-electron chi connectivity index (χ3n) is 6.44. The van der Waals surface area contributed by atoms with Crippen molar-refractivity contribution in [2.24, 2.45) is 17.3 Å². The van der Waals surface area contributed by atoms with E-state index in [1.54, 1.807) is 4.90 Å². The van der Waals surface area contributed by atoms with Crippen molar-refractivity contribution in [1.82, 2.24) is 4.90 Å². The molecule has 1 heterocycles. The van der Waals surface area contributed by atoms with Gasteiger partial charge in [-0.25, -0.2) is 4.79 Å². The highest BCUT2D eigenvalue weighted by molar-refractivity contribution is 5.86. The van der Waals surface area contributed by atoms with Gasteiger partial charge in [0.1, 0.15) is 6.04 Å². The number of esters is 1. The lowest BCUT2D eigenvalue weighted by Gasteiger charge is -2.34. The third-order valence-corrected chi connectivity index (χ3v) is 6.44. The summed E-state index contributed by atoms with van der Waals surface area (Å²) in [6.07, 6.45) is 4.04. The van der Waals surface area contributed by atoms with Crippen LogP contribution in [0.3, 0.4) is 0 Å². The van der Waals surface area contributed by atoms with Crippen molar-refractivity contribution in [1.29, 1.82) is 0 Å². The Kier molecular flexibility index (Phi) is 6.13. The minimum atomic E-state index is -0.834. The molecule has 154 valence electrons. The zero-order valence-electron chi connectivity index (χ0n) is 17.4. The molecular formula is C23H33NO4. The Balaban J connectivity index is 2.03. The van der Waals surface area contributed by atoms with E-state index >= 15 is 0 Å². The molecule has 0 radical (unpaired) electrons. The molecule has 2 aliphatic rings. The van der Waals surface area contributed by atoms with E-state index in [0.717, 1.165) is 31.2 Å². The first kappa shape index (κ1) is 20.8. The second-order valence-corrected chi connectivity index (χ2v) is 9.36. The van der Waals surface area contributed by atoms with Crippen molar-refractivity contribution in [2.75, 3.05) is 7.11 Å². The first-order valence-corrected chi connectivity index (χ1v) is 10.4. The lowest BCUT2D eigenvalue weighted by molar-refractivity contribution is -0.155. The summed E-state index contributed by atoms with van der Waals surface area (Å²) >= 11 is 0. The lowest BCUT2D eigenvalue weighted by atomic mass is 9.74. The highest BCUT2D eigenvalue weighted by Gasteiger charge is 2.57. The molecule has 5 heteroatoms. The molecule has 0 spiro atoms. The Hall–Kier alpha value is -1.88. The van der Waals surface area contributed by atoms with Gasteiger partial charge in [-0.2, -0.15) is 0 Å². The van der Waals surface area contributed by atoms with E-state index in [2.05, 4.69) is 0 Å². The van der Waals surface area contributed by atoms with Crippen molar-refractivity contribution < 1.29 is 19.4 Å². The predicted octanol–water partition coefficient (Wildman–Crippen LogP) is 3.72. The van der Waals surface area contributed by atoms with E-state index in [1.165, 1.54) is 7.11 Å². The van der Waals surface area contributed by atoms with Crippen LogP contribution in [0.5, 0.6) is 0 Å². The summed E-state index contributed by atoms with van der Waals surface area (Å²) in [6, 6.07) is 8.24. The van der Waals surface area contributed by atoms with E-state index in [9.17, 15) is 14.7 Å². The second-order valence-electron chi connectivity index (χ2n) is 9.36. The van der Waals surface area contributed by atoms with Crippen LogP contribution in [0.4, 0.5) is 0 Å². The number of likely N-dealkylation sites (tertiary alicyclic amines) is 1. The number of amides is 1. The number of aliphatic hydroxyl groups is 1. The molecule has 5 nitrogen and oxygen atoms in total. The predicted molar refractivity (Wildman–Crippen MR) is 107 cm³/mol. The van der Waals surface area contributed by atoms with Crippen LogP contribution in [0.25, 0.3) is 0 Å². The Labute approximate surface area is 168 Å². The number of rotatable bonds is 4. The average Bonchev–Trinajstić information content (AvgIpc) is 3.26. The number of methoxy groups -OCH3 is 1. The fourth-order valence-electron chi connectivity index (χ4n) is 5.15. The Bertz CT molecular complexity index is 690. The van der Waals surface area contributed by atoms with Gasteiger partial charge in [0.05, 0.1) is 19.3 Å². The van der Waals surface area contributed by atoms with Gasteiger partial charge < -0.3 is 14.7 Å². The van der Waals surface area contributed by atoms with Crippen LogP contribution < -0.4 is 0 Å². The minimum Gasteiger partial charge on any atom is -0.467 e. The van der Waals surface area contributed by atoms with E-state index < -0.39 is 30.1 Å². The van der Waals surface area contributed by atoms with Gasteiger partial charge in [0.25, 0.3) is 0 Å². The van der Waals surface area contributed by atoms with Gasteiger partial charge in [-0.15, -0.1) is 0 Å². The number of benzene rings is 1. The van der Waals surface area contributed by atoms with Crippen molar-refractivity contribution >= 4 is 11.9 Å². The molecule has 1 N–H and O–H groups in total. The summed E-state index contributed by atoms with van der Waals surface area (Å²) in [4.78, 5) is 27.9. The Morgan fingerprint density at radius 1 is 1.14 bits per heavy atom. The zero-order valence-corrected chi connectivity index (χ0v) is 17.4. The summed E-state index contributed by atoms with van der Waals surface area (Å²) in [5, 5.41) is 11.3. The minimum absolute atomic E-state index is 0.0537. The lowest BCUT2D eigenvalue weighted by Crippen LogP contribution is -2.47. The van der Waals surface area contributed by atoms with E-state index in [-0.39, 0.29) is 11.3 Å². The largest absolute Gasteiger partial charge is 0.467 e. The number of nitrogens with zero attached hydrogens (tertiary/aromatic N) is 1. The molecule has 0 aromatic heterocycles. The summed E-state index contributed by atoms with van der Waals surface area (Å²) in [5.74, 6) is -0.537. The smallest absolute Gasteiger partial charge is 0.329 e. The zero-order chi connectivity index (χ0) is 20.5. The first-order valence-electron chi connectivity index (χ1n) is 10.4. The summed E-state index contributed by atoms with van der Waals surface area (Å²) in [6.45, 7) is 6.01. The van der Waals surface area contributed by atoms with Crippen LogP contribution in [0.15, 0.2) is 30.3 Å². The van der Waals surface area contributed by atoms with Crippen LogP contribution in [0, 0.1) is 17.3 Å². The Morgan fingerprint density at radius 2 is 1.75 bits per heavy atom. The SMILES string of the molecule is COC(=O)C1C(C(C)(C)C)C(O)C(c2ccccc2)N1C(=O)CC1CCCC1. The van der Waals surface area contributed by atoms with Crippen LogP contribution in [-0.2, 0) is 14.3 Å². The van der Waals surface area contributed by atoms with Gasteiger partial charge in [-0.3, -0.25) is 4.79 Å². The van der Waals surface area contributed by atoms with Gasteiger partial charge in [-0.1, -0.05) is 63.9 Å². The molecule has 1 saturated carbocycles. The van der Waals surface area contributed by atoms with Gasteiger partial charge in [0, 0.05) is 12.3 Å². The molecule has 4 unspecified atom stereocenters. The van der Waals surface area contributed by atoms with Crippen molar-refractivity contribution in [3.63, 3.8) is 0 Å². The quantitative estimate of drug-likeness (QED) is 0.800. The molecule has 0 bridgehead atoms. The molecule has 1 saturated heterocycles. The van der Waals surface area contributed by atoms with Crippen LogP contribution >= 0.6 is 0 Å². The number of aliphatic hydroxyl groups excluding tert-OH is 1. The van der Waals surface area contributed by atoms with Crippen LogP contribution in [0.1, 0.15) is 64.5 Å². The van der Waals surface area contributed by atoms with E-state index in [0.29, 0.717) is 12.3 Å². The van der Waals surface area contributed by atoms with E-state index in [1.807, 2.05) is 51.1 Å². The van der Waals surface area contributed by atoms with Gasteiger partial charge >= 0.3 is 5.97 Å². The number of hydrogen-bond donors (Lipinski definition) is 1. The molecule has 28 heavy (non-hydrogen) atoms. The topological polar surface area (TPSA) is 66.8 Å². The summed E-state index contributed by atoms with van der Waals surface area (Å²) in [7, 11) is 1.35. The van der Waals surface area contributed by atoms with Gasteiger partial charge in [0.15, 0.2) is 0 Å². The molecule has 1 aromatic carbocycles. The number of ether oxygens (including phenoxy) is 1. The third kappa shape index (κ3) is 3.95.